The zero-order valence-electron chi connectivity index (χ0n) is 15.7. The Morgan fingerprint density at radius 1 is 0.750 bits per heavy atom. The molecule has 4 rings (SSSR count). The van der Waals surface area contributed by atoms with Crippen molar-refractivity contribution >= 4 is 61.6 Å². The number of hydrogen-bond acceptors (Lipinski definition) is 3. The van der Waals surface area contributed by atoms with E-state index in [1.54, 1.807) is 23.1 Å². The number of benzene rings is 3. The van der Waals surface area contributed by atoms with Crippen molar-refractivity contribution < 1.29 is 0 Å². The van der Waals surface area contributed by atoms with Gasteiger partial charge in [-0.25, -0.2) is 0 Å². The van der Waals surface area contributed by atoms with Gasteiger partial charge in [-0.05, 0) is 0 Å². The first-order valence-electron chi connectivity index (χ1n) is 9.01. The Bertz CT molecular complexity index is 982. The molecule has 0 aliphatic heterocycles. The summed E-state index contributed by atoms with van der Waals surface area (Å²) in [6.45, 7) is 2.06. The molecule has 0 amide bonds. The van der Waals surface area contributed by atoms with Crippen molar-refractivity contribution in [2.75, 3.05) is 6.26 Å². The van der Waals surface area contributed by atoms with E-state index in [0.29, 0.717) is 0 Å². The van der Waals surface area contributed by atoms with Gasteiger partial charge in [-0.1, -0.05) is 0 Å². The van der Waals surface area contributed by atoms with Gasteiger partial charge in [0, 0.05) is 0 Å². The minimum absolute atomic E-state index is 1.01. The second-order valence-electron chi connectivity index (χ2n) is 6.56. The average Bonchev–Trinajstić information content (AvgIpc) is 3.17. The molecular weight excluding hydrogens is 421 g/mol. The molecule has 1 aromatic heterocycles. The Labute approximate surface area is 179 Å². The van der Waals surface area contributed by atoms with Gasteiger partial charge in [0.2, 0.25) is 0 Å². The van der Waals surface area contributed by atoms with E-state index in [-0.39, 0.29) is 0 Å². The Morgan fingerprint density at radius 3 is 1.50 bits per heavy atom. The second-order valence-corrected chi connectivity index (χ2v) is 14.9. The predicted octanol–water partition coefficient (Wildman–Crippen LogP) is 5.48. The number of aryl methyl sites for hydroxylation is 1. The van der Waals surface area contributed by atoms with Gasteiger partial charge in [-0.3, -0.25) is 0 Å². The summed E-state index contributed by atoms with van der Waals surface area (Å²) < 4.78 is 1.18. The molecule has 0 radical (unpaired) electrons. The third-order valence-corrected chi connectivity index (χ3v) is 14.5. The summed E-state index contributed by atoms with van der Waals surface area (Å²) in [6, 6.07) is 31.5. The molecule has 0 fully saturated rings. The Kier molecular flexibility index (Phi) is 5.37. The molecule has 1 heterocycles. The molecule has 4 aromatic rings. The van der Waals surface area contributed by atoms with Gasteiger partial charge >= 0.3 is 180 Å². The fourth-order valence-electron chi connectivity index (χ4n) is 3.73. The number of hydrogen-bond donors (Lipinski definition) is 0. The van der Waals surface area contributed by atoms with Gasteiger partial charge in [0.05, 0.1) is 0 Å². The van der Waals surface area contributed by atoms with Crippen LogP contribution in [0.1, 0.15) is 5.01 Å². The molecule has 0 aliphatic rings. The monoisotopic (exact) mass is 441 g/mol. The molecule has 0 aliphatic carbocycles. The van der Waals surface area contributed by atoms with Crippen LogP contribution in [-0.4, -0.2) is 11.2 Å². The van der Waals surface area contributed by atoms with Crippen molar-refractivity contribution in [3.8, 4) is 0 Å². The molecule has 5 heteroatoms. The SMILES string of the molecule is CSc1sc(C)nc1P(Cl)(c1ccccc1)(c1ccccc1)c1ccccc1. The topological polar surface area (TPSA) is 12.9 Å². The first kappa shape index (κ1) is 19.7. The van der Waals surface area contributed by atoms with E-state index in [0.717, 1.165) is 26.4 Å². The van der Waals surface area contributed by atoms with Crippen molar-refractivity contribution in [2.24, 2.45) is 0 Å². The van der Waals surface area contributed by atoms with E-state index in [1.807, 2.05) is 18.2 Å². The van der Waals surface area contributed by atoms with E-state index >= 15 is 0 Å². The molecule has 28 heavy (non-hydrogen) atoms. The summed E-state index contributed by atoms with van der Waals surface area (Å²) >= 11 is 11.6. The van der Waals surface area contributed by atoms with Crippen LogP contribution in [0, 0.1) is 6.92 Å². The van der Waals surface area contributed by atoms with E-state index in [9.17, 15) is 0 Å². The number of rotatable bonds is 5. The Balaban J connectivity index is 2.26. The molecule has 3 aromatic carbocycles. The normalized spacial score (nSPS) is 13.0. The van der Waals surface area contributed by atoms with Crippen LogP contribution in [0.3, 0.4) is 0 Å². The van der Waals surface area contributed by atoms with Crippen molar-refractivity contribution in [3.05, 3.63) is 96.0 Å². The van der Waals surface area contributed by atoms with Crippen LogP contribution in [0.5, 0.6) is 0 Å². The third-order valence-electron chi connectivity index (χ3n) is 4.99. The summed E-state index contributed by atoms with van der Waals surface area (Å²) in [5, 5.41) is 4.39. The van der Waals surface area contributed by atoms with Crippen molar-refractivity contribution in [3.63, 3.8) is 0 Å². The van der Waals surface area contributed by atoms with Crippen LogP contribution in [0.2, 0.25) is 0 Å². The molecule has 0 bridgehead atoms. The van der Waals surface area contributed by atoms with E-state index in [2.05, 4.69) is 86.0 Å². The van der Waals surface area contributed by atoms with E-state index < -0.39 is 5.96 Å². The van der Waals surface area contributed by atoms with Crippen LogP contribution in [0.25, 0.3) is 0 Å². The molecule has 0 unspecified atom stereocenters. The summed E-state index contributed by atoms with van der Waals surface area (Å²) in [6.07, 6.45) is 2.11. The predicted molar refractivity (Wildman–Crippen MR) is 129 cm³/mol. The van der Waals surface area contributed by atoms with Gasteiger partial charge in [0.25, 0.3) is 0 Å². The fraction of sp³-hybridized carbons (Fsp3) is 0.0870. The van der Waals surface area contributed by atoms with E-state index in [4.69, 9.17) is 16.2 Å². The summed E-state index contributed by atoms with van der Waals surface area (Å²) in [5.41, 5.74) is 1.01. The zero-order valence-corrected chi connectivity index (χ0v) is 19.0. The van der Waals surface area contributed by atoms with Gasteiger partial charge in [-0.15, -0.1) is 0 Å². The van der Waals surface area contributed by atoms with Gasteiger partial charge in [-0.2, -0.15) is 0 Å². The Morgan fingerprint density at radius 2 is 1.14 bits per heavy atom. The number of halogens is 1. The van der Waals surface area contributed by atoms with Crippen LogP contribution >= 0.6 is 40.3 Å². The summed E-state index contributed by atoms with van der Waals surface area (Å²) in [7, 11) is 0. The molecule has 0 saturated heterocycles. The first-order valence-corrected chi connectivity index (χ1v) is 14.2. The quantitative estimate of drug-likeness (QED) is 0.300. The number of thiazole rings is 1. The number of aromatic nitrogens is 1. The summed E-state index contributed by atoms with van der Waals surface area (Å²) in [5.74, 6) is -3.52. The van der Waals surface area contributed by atoms with E-state index in [1.165, 1.54) is 4.21 Å². The van der Waals surface area contributed by atoms with Gasteiger partial charge < -0.3 is 0 Å². The summed E-state index contributed by atoms with van der Waals surface area (Å²) in [4.78, 5) is 5.08. The Hall–Kier alpha value is -1.64. The van der Waals surface area contributed by atoms with Crippen molar-refractivity contribution in [2.45, 2.75) is 11.1 Å². The maximum atomic E-state index is 8.16. The van der Waals surface area contributed by atoms with Crippen LogP contribution in [-0.2, 0) is 0 Å². The maximum absolute atomic E-state index is 8.16. The third kappa shape index (κ3) is 2.84. The molecule has 0 N–H and O–H groups in total. The minimum atomic E-state index is -3.52. The number of thioether (sulfide) groups is 1. The molecule has 0 spiro atoms. The average molecular weight is 442 g/mol. The molecule has 0 saturated carbocycles. The van der Waals surface area contributed by atoms with Gasteiger partial charge in [0.1, 0.15) is 0 Å². The molecule has 0 atom stereocenters. The van der Waals surface area contributed by atoms with Crippen molar-refractivity contribution in [1.82, 2.24) is 4.98 Å². The first-order chi connectivity index (χ1) is 13.6. The van der Waals surface area contributed by atoms with Gasteiger partial charge in [0.15, 0.2) is 0 Å². The standard InChI is InChI=1S/C23H21ClNPS2/c1-18-25-22(23(27-2)28-18)26(24,19-12-6-3-7-13-19,20-14-8-4-9-15-20)21-16-10-5-11-17-21/h3-17H,1-2H3. The molecule has 142 valence electrons. The van der Waals surface area contributed by atoms with Crippen molar-refractivity contribution in [1.29, 1.82) is 0 Å². The number of nitrogens with zero attached hydrogens (tertiary/aromatic N) is 1. The zero-order chi connectivity index (χ0) is 19.6. The van der Waals surface area contributed by atoms with Crippen LogP contribution in [0.4, 0.5) is 0 Å². The molecular formula is C23H21ClNPS2. The molecule has 1 nitrogen and oxygen atoms in total. The second kappa shape index (κ2) is 7.65. The van der Waals surface area contributed by atoms with Crippen LogP contribution in [0.15, 0.2) is 95.2 Å². The van der Waals surface area contributed by atoms with Crippen LogP contribution < -0.4 is 21.3 Å². The fourth-order valence-corrected chi connectivity index (χ4v) is 13.0.